The molecule has 3 aromatic carbocycles. The lowest BCUT2D eigenvalue weighted by molar-refractivity contribution is -0.268. The van der Waals surface area contributed by atoms with E-state index in [0.29, 0.717) is 16.7 Å². The zero-order chi connectivity index (χ0) is 26.6. The van der Waals surface area contributed by atoms with Gasteiger partial charge in [-0.15, -0.1) is 0 Å². The quantitative estimate of drug-likeness (QED) is 0.187. The topological polar surface area (TPSA) is 108 Å². The Balaban J connectivity index is 2.06. The van der Waals surface area contributed by atoms with Crippen LogP contribution in [0.5, 0.6) is 5.75 Å². The van der Waals surface area contributed by atoms with Crippen molar-refractivity contribution in [1.82, 2.24) is 0 Å². The second-order valence-electron chi connectivity index (χ2n) is 8.30. The first-order valence-corrected chi connectivity index (χ1v) is 11.9. The Morgan fingerprint density at radius 1 is 0.892 bits per heavy atom. The number of ketones is 1. The number of hydrogen-bond donors (Lipinski definition) is 1. The van der Waals surface area contributed by atoms with Gasteiger partial charge in [-0.25, -0.2) is 4.79 Å². The number of hydrogen-bond acceptors (Lipinski definition) is 5. The van der Waals surface area contributed by atoms with Gasteiger partial charge in [0.15, 0.2) is 11.2 Å². The van der Waals surface area contributed by atoms with Gasteiger partial charge in [0.05, 0.1) is 15.6 Å². The number of rotatable bonds is 4. The molecule has 0 spiro atoms. The van der Waals surface area contributed by atoms with Crippen molar-refractivity contribution in [3.05, 3.63) is 97.1 Å². The van der Waals surface area contributed by atoms with Crippen LogP contribution in [-0.2, 0) is 0 Å². The van der Waals surface area contributed by atoms with Crippen LogP contribution in [0.1, 0.15) is 27.6 Å². The fourth-order valence-electron chi connectivity index (χ4n) is 4.36. The maximum atomic E-state index is 13.0. The normalized spacial score (nSPS) is 11.2. The third-order valence-corrected chi connectivity index (χ3v) is 7.00. The lowest BCUT2D eigenvalue weighted by Gasteiger charge is -2.21. The van der Waals surface area contributed by atoms with E-state index in [-0.39, 0.29) is 59.5 Å². The number of carboxylic acid groups (broad SMARTS) is 1. The molecule has 184 valence electrons. The molecule has 1 aliphatic heterocycles. The summed E-state index contributed by atoms with van der Waals surface area (Å²) >= 11 is 19.2. The first-order chi connectivity index (χ1) is 17.6. The fourth-order valence-corrected chi connectivity index (χ4v) is 5.18. The Bertz CT molecular complexity index is 1790. The van der Waals surface area contributed by atoms with E-state index in [1.807, 2.05) is 0 Å². The van der Waals surface area contributed by atoms with Crippen LogP contribution in [0.3, 0.4) is 0 Å². The zero-order valence-corrected chi connectivity index (χ0v) is 21.2. The Morgan fingerprint density at radius 3 is 2.24 bits per heavy atom. The standard InChI is InChI=1S/C28H15Cl3O6/c1-12(32)14-8-19(30)25(28(35)36)26(27(14)31)24-16-7-15(13-5-3-2-4-6-13)20(33)10-22(16)37-23-11-21(34)18(29)9-17(23)24/h2-11,34H,1H3,(H,35,36)/p-1. The number of benzene rings is 4. The summed E-state index contributed by atoms with van der Waals surface area (Å²) in [7, 11) is 0. The van der Waals surface area contributed by atoms with Crippen LogP contribution >= 0.6 is 34.8 Å². The second kappa shape index (κ2) is 9.23. The summed E-state index contributed by atoms with van der Waals surface area (Å²) in [5.41, 5.74) is 0.703. The molecule has 9 heteroatoms. The minimum absolute atomic E-state index is 0.00373. The number of fused-ring (bicyclic) bond motifs is 2. The van der Waals surface area contributed by atoms with Crippen molar-refractivity contribution in [2.75, 3.05) is 0 Å². The first kappa shape index (κ1) is 24.8. The van der Waals surface area contributed by atoms with Crippen LogP contribution in [-0.4, -0.2) is 16.9 Å². The van der Waals surface area contributed by atoms with E-state index >= 15 is 0 Å². The van der Waals surface area contributed by atoms with Gasteiger partial charge in [0, 0.05) is 44.3 Å². The van der Waals surface area contributed by atoms with Crippen LogP contribution in [0, 0.1) is 0 Å². The van der Waals surface area contributed by atoms with Crippen LogP contribution < -0.4 is 10.5 Å². The van der Waals surface area contributed by atoms with Gasteiger partial charge in [-0.05, 0) is 36.8 Å². The van der Waals surface area contributed by atoms with Crippen molar-refractivity contribution in [1.29, 1.82) is 0 Å². The molecule has 0 aromatic heterocycles. The highest BCUT2D eigenvalue weighted by Gasteiger charge is 2.29. The minimum Gasteiger partial charge on any atom is -0.871 e. The number of carboxylic acids is 1. The zero-order valence-electron chi connectivity index (χ0n) is 18.9. The number of halogens is 3. The molecular formula is C28H14Cl3O6-. The lowest BCUT2D eigenvalue weighted by Crippen LogP contribution is -2.09. The molecule has 1 heterocycles. The number of aromatic carboxylic acids is 1. The Hall–Kier alpha value is -3.84. The van der Waals surface area contributed by atoms with Gasteiger partial charge in [0.1, 0.15) is 11.3 Å². The summed E-state index contributed by atoms with van der Waals surface area (Å²) in [6, 6.07) is 15.3. The van der Waals surface area contributed by atoms with Gasteiger partial charge < -0.3 is 14.6 Å². The third kappa shape index (κ3) is 4.13. The molecule has 0 amide bonds. The highest BCUT2D eigenvalue weighted by Crippen LogP contribution is 2.48. The highest BCUT2D eigenvalue weighted by molar-refractivity contribution is 6.41. The molecule has 0 unspecified atom stereocenters. The lowest BCUT2D eigenvalue weighted by atomic mass is 9.87. The molecule has 0 fully saturated rings. The largest absolute Gasteiger partial charge is 0.871 e. The molecule has 0 saturated heterocycles. The maximum Gasteiger partial charge on any atom is 0.337 e. The molecule has 0 radical (unpaired) electrons. The predicted molar refractivity (Wildman–Crippen MR) is 141 cm³/mol. The van der Waals surface area contributed by atoms with Crippen LogP contribution in [0.25, 0.3) is 44.5 Å². The number of carbonyl (C=O) groups excluding carboxylic acids is 1. The summed E-state index contributed by atoms with van der Waals surface area (Å²) in [6.45, 7) is 1.27. The molecule has 0 atom stereocenters. The average molecular weight is 553 g/mol. The first-order valence-electron chi connectivity index (χ1n) is 10.8. The SMILES string of the molecule is CC(=O)c1cc(Cl)c(C(=O)O)c(-c2c3cc(-c4ccccc4)c(=O)cc-3oc3cc([O-])c(Cl)cc23)c1Cl. The smallest absolute Gasteiger partial charge is 0.337 e. The molecule has 5 rings (SSSR count). The van der Waals surface area contributed by atoms with Gasteiger partial charge in [0.25, 0.3) is 0 Å². The monoisotopic (exact) mass is 551 g/mol. The van der Waals surface area contributed by atoms with E-state index in [0.717, 1.165) is 6.07 Å². The highest BCUT2D eigenvalue weighted by atomic mass is 35.5. The van der Waals surface area contributed by atoms with Gasteiger partial charge in [-0.2, -0.15) is 0 Å². The minimum atomic E-state index is -1.39. The Morgan fingerprint density at radius 2 is 1.59 bits per heavy atom. The van der Waals surface area contributed by atoms with Crippen molar-refractivity contribution in [2.45, 2.75) is 6.92 Å². The molecule has 37 heavy (non-hydrogen) atoms. The molecular weight excluding hydrogens is 539 g/mol. The van der Waals surface area contributed by atoms with E-state index in [1.165, 1.54) is 25.1 Å². The predicted octanol–water partition coefficient (Wildman–Crippen LogP) is 7.17. The van der Waals surface area contributed by atoms with Crippen molar-refractivity contribution in [2.24, 2.45) is 0 Å². The van der Waals surface area contributed by atoms with Crippen LogP contribution in [0.15, 0.2) is 69.9 Å². The Labute approximate surface area is 224 Å². The van der Waals surface area contributed by atoms with E-state index < -0.39 is 17.5 Å². The summed E-state index contributed by atoms with van der Waals surface area (Å²) in [4.78, 5) is 37.8. The van der Waals surface area contributed by atoms with Gasteiger partial charge in [-0.3, -0.25) is 9.59 Å². The van der Waals surface area contributed by atoms with Crippen molar-refractivity contribution in [3.8, 4) is 39.3 Å². The summed E-state index contributed by atoms with van der Waals surface area (Å²) < 4.78 is 5.91. The third-order valence-electron chi connectivity index (χ3n) is 6.02. The molecule has 0 bridgehead atoms. The van der Waals surface area contributed by atoms with Crippen molar-refractivity contribution >= 4 is 57.5 Å². The molecule has 1 aliphatic carbocycles. The fraction of sp³-hybridized carbons (Fsp3) is 0.0357. The van der Waals surface area contributed by atoms with Crippen LogP contribution in [0.2, 0.25) is 15.1 Å². The molecule has 1 N–H and O–H groups in total. The molecule has 3 aromatic rings. The Kier molecular flexibility index (Phi) is 6.20. The summed E-state index contributed by atoms with van der Waals surface area (Å²) in [5, 5.41) is 22.2. The van der Waals surface area contributed by atoms with E-state index in [9.17, 15) is 24.6 Å². The van der Waals surface area contributed by atoms with E-state index in [2.05, 4.69) is 0 Å². The average Bonchev–Trinajstić information content (AvgIpc) is 2.84. The number of carbonyl (C=O) groups is 2. The number of Topliss-reactive ketones (excluding diaryl/α,β-unsaturated/α-hetero) is 1. The van der Waals surface area contributed by atoms with Crippen LogP contribution in [0.4, 0.5) is 0 Å². The van der Waals surface area contributed by atoms with E-state index in [1.54, 1.807) is 36.4 Å². The van der Waals surface area contributed by atoms with E-state index in [4.69, 9.17) is 39.2 Å². The molecule has 2 aliphatic rings. The molecule has 6 nitrogen and oxygen atoms in total. The molecule has 0 saturated carbocycles. The van der Waals surface area contributed by atoms with Gasteiger partial charge >= 0.3 is 5.97 Å². The second-order valence-corrected chi connectivity index (χ2v) is 9.49. The van der Waals surface area contributed by atoms with Crippen molar-refractivity contribution in [3.63, 3.8) is 0 Å². The summed E-state index contributed by atoms with van der Waals surface area (Å²) in [6.07, 6.45) is 0. The van der Waals surface area contributed by atoms with Gasteiger partial charge in [-0.1, -0.05) is 70.9 Å². The van der Waals surface area contributed by atoms with Gasteiger partial charge in [0.2, 0.25) is 0 Å². The van der Waals surface area contributed by atoms with Crippen molar-refractivity contribution < 1.29 is 24.2 Å². The summed E-state index contributed by atoms with van der Waals surface area (Å²) in [5.74, 6) is -2.29. The maximum absolute atomic E-state index is 13.0.